The van der Waals surface area contributed by atoms with Gasteiger partial charge in [-0.1, -0.05) is 43.5 Å². The van der Waals surface area contributed by atoms with E-state index in [0.29, 0.717) is 37.2 Å². The first-order chi connectivity index (χ1) is 15.7. The van der Waals surface area contributed by atoms with Crippen LogP contribution in [0.2, 0.25) is 0 Å². The molecule has 1 fully saturated rings. The van der Waals surface area contributed by atoms with Crippen molar-refractivity contribution in [3.8, 4) is 17.2 Å². The van der Waals surface area contributed by atoms with Crippen molar-refractivity contribution in [2.45, 2.75) is 50.8 Å². The Labute approximate surface area is 192 Å². The maximum Gasteiger partial charge on any atom is 0.161 e. The molecule has 0 heterocycles. The van der Waals surface area contributed by atoms with Gasteiger partial charge in [0.2, 0.25) is 0 Å². The zero-order valence-electron chi connectivity index (χ0n) is 19.5. The van der Waals surface area contributed by atoms with E-state index in [1.807, 2.05) is 48.5 Å². The quantitative estimate of drug-likeness (QED) is 0.459. The molecule has 1 aliphatic rings. The van der Waals surface area contributed by atoms with E-state index in [9.17, 15) is 5.11 Å². The number of benzene rings is 2. The van der Waals surface area contributed by atoms with Crippen molar-refractivity contribution in [3.63, 3.8) is 0 Å². The number of hydrogen-bond donors (Lipinski definition) is 2. The summed E-state index contributed by atoms with van der Waals surface area (Å²) in [5, 5.41) is 13.8. The Morgan fingerprint density at radius 3 is 2.56 bits per heavy atom. The summed E-state index contributed by atoms with van der Waals surface area (Å²) in [5.74, 6) is 2.21. The number of hydrogen-bond acceptors (Lipinski definition) is 6. The lowest BCUT2D eigenvalue weighted by molar-refractivity contribution is 0.0553. The number of nitrogens with zero attached hydrogens (tertiary/aromatic N) is 1. The maximum absolute atomic E-state index is 10.4. The molecule has 2 aromatic carbocycles. The number of nitrogens with one attached hydrogen (secondary N) is 1. The van der Waals surface area contributed by atoms with Crippen LogP contribution in [0.5, 0.6) is 17.2 Å². The number of para-hydroxylation sites is 1. The molecule has 0 aromatic heterocycles. The van der Waals surface area contributed by atoms with Crippen LogP contribution in [0.1, 0.15) is 37.7 Å². The molecule has 0 spiro atoms. The van der Waals surface area contributed by atoms with E-state index in [2.05, 4.69) is 17.3 Å². The Balaban J connectivity index is 1.39. The molecular formula is C26H38N2O4. The summed E-state index contributed by atoms with van der Waals surface area (Å²) < 4.78 is 17.1. The third-order valence-electron chi connectivity index (χ3n) is 5.98. The molecule has 6 heteroatoms. The minimum Gasteiger partial charge on any atom is -0.493 e. The molecule has 1 aliphatic carbocycles. The molecule has 0 aliphatic heterocycles. The number of methoxy groups -OCH3 is 1. The van der Waals surface area contributed by atoms with Crippen LogP contribution in [-0.2, 0) is 6.54 Å². The molecule has 1 atom stereocenters. The summed E-state index contributed by atoms with van der Waals surface area (Å²) in [5.41, 5.74) is 1.10. The normalized spacial score (nSPS) is 15.5. The second-order valence-corrected chi connectivity index (χ2v) is 8.52. The third kappa shape index (κ3) is 8.01. The zero-order chi connectivity index (χ0) is 22.6. The fourth-order valence-corrected chi connectivity index (χ4v) is 4.17. The van der Waals surface area contributed by atoms with Crippen LogP contribution in [0.3, 0.4) is 0 Å². The summed E-state index contributed by atoms with van der Waals surface area (Å²) in [6.45, 7) is 2.94. The Morgan fingerprint density at radius 1 is 1.03 bits per heavy atom. The van der Waals surface area contributed by atoms with Crippen LogP contribution in [0.25, 0.3) is 0 Å². The highest BCUT2D eigenvalue weighted by atomic mass is 16.5. The number of aliphatic hydroxyl groups is 1. The monoisotopic (exact) mass is 442 g/mol. The number of ether oxygens (including phenoxy) is 3. The van der Waals surface area contributed by atoms with Gasteiger partial charge in [-0.2, -0.15) is 0 Å². The topological polar surface area (TPSA) is 63.2 Å². The van der Waals surface area contributed by atoms with E-state index in [1.165, 1.54) is 32.1 Å². The van der Waals surface area contributed by atoms with Gasteiger partial charge in [-0.05, 0) is 49.7 Å². The molecule has 0 radical (unpaired) electrons. The molecule has 32 heavy (non-hydrogen) atoms. The second kappa shape index (κ2) is 13.3. The molecule has 1 saturated carbocycles. The second-order valence-electron chi connectivity index (χ2n) is 8.52. The van der Waals surface area contributed by atoms with Crippen LogP contribution < -0.4 is 19.5 Å². The van der Waals surface area contributed by atoms with Crippen molar-refractivity contribution >= 4 is 0 Å². The average Bonchev–Trinajstić information content (AvgIpc) is 2.84. The van der Waals surface area contributed by atoms with Gasteiger partial charge in [0.1, 0.15) is 25.1 Å². The lowest BCUT2D eigenvalue weighted by Crippen LogP contribution is -2.40. The van der Waals surface area contributed by atoms with E-state index in [4.69, 9.17) is 14.2 Å². The molecule has 2 N–H and O–H groups in total. The van der Waals surface area contributed by atoms with E-state index in [-0.39, 0.29) is 6.61 Å². The van der Waals surface area contributed by atoms with Crippen LogP contribution in [0.15, 0.2) is 48.5 Å². The predicted octanol–water partition coefficient (Wildman–Crippen LogP) is 3.87. The van der Waals surface area contributed by atoms with Gasteiger partial charge in [-0.25, -0.2) is 0 Å². The van der Waals surface area contributed by atoms with Crippen molar-refractivity contribution in [2.75, 3.05) is 40.5 Å². The molecule has 2 aromatic rings. The summed E-state index contributed by atoms with van der Waals surface area (Å²) in [4.78, 5) is 2.28. The van der Waals surface area contributed by atoms with E-state index in [1.54, 1.807) is 7.11 Å². The summed E-state index contributed by atoms with van der Waals surface area (Å²) in [6.07, 6.45) is 5.85. The van der Waals surface area contributed by atoms with Crippen LogP contribution in [0, 0.1) is 0 Å². The molecule has 0 bridgehead atoms. The summed E-state index contributed by atoms with van der Waals surface area (Å²) in [7, 11) is 3.74. The van der Waals surface area contributed by atoms with Gasteiger partial charge in [0.15, 0.2) is 11.5 Å². The van der Waals surface area contributed by atoms with E-state index < -0.39 is 6.10 Å². The largest absolute Gasteiger partial charge is 0.493 e. The lowest BCUT2D eigenvalue weighted by Gasteiger charge is -2.32. The molecule has 3 rings (SSSR count). The first-order valence-corrected chi connectivity index (χ1v) is 11.7. The third-order valence-corrected chi connectivity index (χ3v) is 5.98. The molecule has 0 amide bonds. The van der Waals surface area contributed by atoms with Crippen LogP contribution >= 0.6 is 0 Å². The highest BCUT2D eigenvalue weighted by Gasteiger charge is 2.20. The van der Waals surface area contributed by atoms with E-state index in [0.717, 1.165) is 17.9 Å². The van der Waals surface area contributed by atoms with Gasteiger partial charge < -0.3 is 29.5 Å². The molecule has 176 valence electrons. The first kappa shape index (κ1) is 24.4. The number of likely N-dealkylation sites (N-methyl/N-ethyl adjacent to an activating group) is 1. The first-order valence-electron chi connectivity index (χ1n) is 11.7. The lowest BCUT2D eigenvalue weighted by atomic mass is 9.94. The Bertz CT molecular complexity index is 781. The van der Waals surface area contributed by atoms with Gasteiger partial charge in [-0.3, -0.25) is 0 Å². The van der Waals surface area contributed by atoms with Gasteiger partial charge in [0, 0.05) is 25.7 Å². The fourth-order valence-electron chi connectivity index (χ4n) is 4.17. The standard InChI is InChI=1S/C26H38N2O4/c1-28(22-9-5-3-6-10-22)19-23(29)20-32-25-14-13-21(17-26(25)30-2)18-27-15-16-31-24-11-7-4-8-12-24/h4,7-8,11-14,17,22-23,27,29H,3,5-6,9-10,15-16,18-20H2,1-2H3/t23-/m0/s1. The van der Waals surface area contributed by atoms with Crippen LogP contribution in [0.4, 0.5) is 0 Å². The zero-order valence-corrected chi connectivity index (χ0v) is 19.5. The van der Waals surface area contributed by atoms with Crippen molar-refractivity contribution < 1.29 is 19.3 Å². The van der Waals surface area contributed by atoms with Crippen molar-refractivity contribution in [2.24, 2.45) is 0 Å². The van der Waals surface area contributed by atoms with Crippen molar-refractivity contribution in [3.05, 3.63) is 54.1 Å². The molecule has 0 unspecified atom stereocenters. The van der Waals surface area contributed by atoms with Gasteiger partial charge in [0.25, 0.3) is 0 Å². The van der Waals surface area contributed by atoms with E-state index >= 15 is 0 Å². The SMILES string of the molecule is COc1cc(CNCCOc2ccccc2)ccc1OC[C@@H](O)CN(C)C1CCCCC1. The maximum atomic E-state index is 10.4. The van der Waals surface area contributed by atoms with Gasteiger partial charge in [0.05, 0.1) is 7.11 Å². The molecule has 0 saturated heterocycles. The van der Waals surface area contributed by atoms with Gasteiger partial charge >= 0.3 is 0 Å². The minimum absolute atomic E-state index is 0.252. The summed E-state index contributed by atoms with van der Waals surface area (Å²) >= 11 is 0. The highest BCUT2D eigenvalue weighted by molar-refractivity contribution is 5.43. The smallest absolute Gasteiger partial charge is 0.161 e. The highest BCUT2D eigenvalue weighted by Crippen LogP contribution is 2.28. The Morgan fingerprint density at radius 2 is 1.81 bits per heavy atom. The minimum atomic E-state index is -0.530. The number of rotatable bonds is 13. The van der Waals surface area contributed by atoms with Gasteiger partial charge in [-0.15, -0.1) is 0 Å². The Hall–Kier alpha value is -2.28. The van der Waals surface area contributed by atoms with Crippen molar-refractivity contribution in [1.82, 2.24) is 10.2 Å². The molecule has 6 nitrogen and oxygen atoms in total. The predicted molar refractivity (Wildman–Crippen MR) is 128 cm³/mol. The fraction of sp³-hybridized carbons (Fsp3) is 0.538. The van der Waals surface area contributed by atoms with Crippen molar-refractivity contribution in [1.29, 1.82) is 0 Å². The Kier molecular flexibility index (Phi) is 10.1. The van der Waals surface area contributed by atoms with Crippen LogP contribution in [-0.4, -0.2) is 62.6 Å². The number of aliphatic hydroxyl groups excluding tert-OH is 1. The summed E-state index contributed by atoms with van der Waals surface area (Å²) in [6, 6.07) is 16.3. The molecular weight excluding hydrogens is 404 g/mol. The average molecular weight is 443 g/mol.